The smallest absolute Gasteiger partial charge is 0.275 e. The van der Waals surface area contributed by atoms with E-state index < -0.39 is 22.2 Å². The fourth-order valence-electron chi connectivity index (χ4n) is 2.34. The maximum Gasteiger partial charge on any atom is 0.275 e. The minimum atomic E-state index is -0.936. The Morgan fingerprint density at radius 3 is 2.40 bits per heavy atom. The van der Waals surface area contributed by atoms with Gasteiger partial charge < -0.3 is 10.6 Å². The molecule has 7 heteroatoms. The van der Waals surface area contributed by atoms with Crippen molar-refractivity contribution in [3.63, 3.8) is 0 Å². The van der Waals surface area contributed by atoms with Crippen molar-refractivity contribution in [1.82, 2.24) is 5.32 Å². The molecule has 5 nitrogen and oxygen atoms in total. The van der Waals surface area contributed by atoms with E-state index in [0.29, 0.717) is 6.54 Å². The second kappa shape index (κ2) is 5.70. The molecule has 0 aliphatic carbocycles. The maximum atomic E-state index is 13.7. The average molecular weight is 285 g/mol. The zero-order chi connectivity index (χ0) is 14.8. The summed E-state index contributed by atoms with van der Waals surface area (Å²) in [5, 5.41) is 16.5. The SMILES string of the molecule is CC1(CNc2c(F)cc([N+](=O)[O-])cc2F)CCNCC1. The highest BCUT2D eigenvalue weighted by atomic mass is 19.1. The van der Waals surface area contributed by atoms with Gasteiger partial charge in [-0.25, -0.2) is 8.78 Å². The third-order valence-electron chi connectivity index (χ3n) is 3.74. The summed E-state index contributed by atoms with van der Waals surface area (Å²) in [7, 11) is 0. The zero-order valence-electron chi connectivity index (χ0n) is 11.2. The van der Waals surface area contributed by atoms with Crippen molar-refractivity contribution in [2.24, 2.45) is 5.41 Å². The number of hydrogen-bond acceptors (Lipinski definition) is 4. The van der Waals surface area contributed by atoms with Gasteiger partial charge in [-0.2, -0.15) is 0 Å². The van der Waals surface area contributed by atoms with E-state index in [9.17, 15) is 18.9 Å². The minimum Gasteiger partial charge on any atom is -0.380 e. The van der Waals surface area contributed by atoms with Gasteiger partial charge in [0.25, 0.3) is 5.69 Å². The molecule has 20 heavy (non-hydrogen) atoms. The highest BCUT2D eigenvalue weighted by Gasteiger charge is 2.27. The van der Waals surface area contributed by atoms with E-state index in [4.69, 9.17) is 0 Å². The van der Waals surface area contributed by atoms with Crippen LogP contribution in [0.25, 0.3) is 0 Å². The number of nitro groups is 1. The lowest BCUT2D eigenvalue weighted by molar-refractivity contribution is -0.385. The van der Waals surface area contributed by atoms with Gasteiger partial charge in [0.1, 0.15) is 5.69 Å². The summed E-state index contributed by atoms with van der Waals surface area (Å²) in [4.78, 5) is 9.70. The molecule has 0 unspecified atom stereocenters. The summed E-state index contributed by atoms with van der Waals surface area (Å²) in [6.07, 6.45) is 1.83. The summed E-state index contributed by atoms with van der Waals surface area (Å²) in [6.45, 7) is 4.25. The summed E-state index contributed by atoms with van der Waals surface area (Å²) in [5.41, 5.74) is -0.916. The van der Waals surface area contributed by atoms with Crippen LogP contribution in [0.4, 0.5) is 20.2 Å². The Hall–Kier alpha value is -1.76. The predicted molar refractivity (Wildman–Crippen MR) is 71.7 cm³/mol. The molecule has 1 heterocycles. The van der Waals surface area contributed by atoms with Gasteiger partial charge in [0.2, 0.25) is 0 Å². The van der Waals surface area contributed by atoms with Gasteiger partial charge in [-0.15, -0.1) is 0 Å². The molecule has 2 N–H and O–H groups in total. The van der Waals surface area contributed by atoms with Gasteiger partial charge in [0.15, 0.2) is 11.6 Å². The molecule has 0 spiro atoms. The van der Waals surface area contributed by atoms with Gasteiger partial charge in [-0.1, -0.05) is 6.92 Å². The predicted octanol–water partition coefficient (Wildman–Crippen LogP) is 2.67. The first-order valence-corrected chi connectivity index (χ1v) is 6.49. The molecule has 1 aromatic carbocycles. The normalized spacial score (nSPS) is 17.8. The van der Waals surface area contributed by atoms with E-state index in [0.717, 1.165) is 38.1 Å². The molecule has 0 saturated carbocycles. The van der Waals surface area contributed by atoms with Gasteiger partial charge in [0.05, 0.1) is 17.1 Å². The quantitative estimate of drug-likeness (QED) is 0.659. The monoisotopic (exact) mass is 285 g/mol. The lowest BCUT2D eigenvalue weighted by atomic mass is 9.81. The molecule has 0 bridgehead atoms. The minimum absolute atomic E-state index is 0.0358. The Kier molecular flexibility index (Phi) is 4.17. The van der Waals surface area contributed by atoms with Crippen LogP contribution in [0.1, 0.15) is 19.8 Å². The van der Waals surface area contributed by atoms with Gasteiger partial charge >= 0.3 is 0 Å². The number of nitrogens with one attached hydrogen (secondary N) is 2. The first kappa shape index (κ1) is 14.6. The fraction of sp³-hybridized carbons (Fsp3) is 0.538. The number of hydrogen-bond donors (Lipinski definition) is 2. The van der Waals surface area contributed by atoms with Crippen molar-refractivity contribution >= 4 is 11.4 Å². The van der Waals surface area contributed by atoms with Crippen LogP contribution in [0.2, 0.25) is 0 Å². The molecule has 1 aromatic rings. The van der Waals surface area contributed by atoms with E-state index in [2.05, 4.69) is 17.6 Å². The van der Waals surface area contributed by atoms with Crippen molar-refractivity contribution in [2.45, 2.75) is 19.8 Å². The van der Waals surface area contributed by atoms with E-state index in [-0.39, 0.29) is 11.1 Å². The molecule has 2 rings (SSSR count). The summed E-state index contributed by atoms with van der Waals surface area (Å²) in [5.74, 6) is -1.87. The van der Waals surface area contributed by atoms with Crippen LogP contribution in [0, 0.1) is 27.2 Å². The lowest BCUT2D eigenvalue weighted by Crippen LogP contribution is -2.39. The highest BCUT2D eigenvalue weighted by molar-refractivity contribution is 5.51. The second-order valence-electron chi connectivity index (χ2n) is 5.46. The van der Waals surface area contributed by atoms with Gasteiger partial charge in [0, 0.05) is 6.54 Å². The first-order chi connectivity index (χ1) is 9.41. The lowest BCUT2D eigenvalue weighted by Gasteiger charge is -2.34. The molecular formula is C13H17F2N3O2. The van der Waals surface area contributed by atoms with E-state index in [1.807, 2.05) is 0 Å². The Bertz CT molecular complexity index is 493. The van der Waals surface area contributed by atoms with Gasteiger partial charge in [-0.05, 0) is 31.3 Å². The molecular weight excluding hydrogens is 268 g/mol. The summed E-state index contributed by atoms with van der Waals surface area (Å²) < 4.78 is 27.5. The number of rotatable bonds is 4. The second-order valence-corrected chi connectivity index (χ2v) is 5.46. The fourth-order valence-corrected chi connectivity index (χ4v) is 2.34. The van der Waals surface area contributed by atoms with Crippen molar-refractivity contribution in [3.8, 4) is 0 Å². The largest absolute Gasteiger partial charge is 0.380 e. The van der Waals surface area contributed by atoms with Crippen LogP contribution in [-0.2, 0) is 0 Å². The Balaban J connectivity index is 2.11. The molecule has 1 aliphatic rings. The third kappa shape index (κ3) is 3.22. The van der Waals surface area contributed by atoms with E-state index >= 15 is 0 Å². The summed E-state index contributed by atoms with van der Waals surface area (Å²) >= 11 is 0. The van der Waals surface area contributed by atoms with Crippen molar-refractivity contribution < 1.29 is 13.7 Å². The first-order valence-electron chi connectivity index (χ1n) is 6.49. The number of nitrogens with zero attached hydrogens (tertiary/aromatic N) is 1. The zero-order valence-corrected chi connectivity index (χ0v) is 11.2. The summed E-state index contributed by atoms with van der Waals surface area (Å²) in [6, 6.07) is 1.46. The molecule has 1 aliphatic heterocycles. The third-order valence-corrected chi connectivity index (χ3v) is 3.74. The molecule has 0 aromatic heterocycles. The Morgan fingerprint density at radius 2 is 1.90 bits per heavy atom. The number of halogens is 2. The molecule has 0 atom stereocenters. The van der Waals surface area contributed by atoms with Crippen molar-refractivity contribution in [1.29, 1.82) is 0 Å². The molecule has 0 amide bonds. The van der Waals surface area contributed by atoms with Crippen LogP contribution in [0.5, 0.6) is 0 Å². The Labute approximate surface area is 115 Å². The highest BCUT2D eigenvalue weighted by Crippen LogP contribution is 2.30. The van der Waals surface area contributed by atoms with E-state index in [1.54, 1.807) is 0 Å². The Morgan fingerprint density at radius 1 is 1.35 bits per heavy atom. The molecule has 0 radical (unpaired) electrons. The van der Waals surface area contributed by atoms with Crippen LogP contribution in [0.15, 0.2) is 12.1 Å². The van der Waals surface area contributed by atoms with Gasteiger partial charge in [-0.3, -0.25) is 10.1 Å². The standard InChI is InChI=1S/C13H17F2N3O2/c1-13(2-4-16-5-3-13)8-17-12-10(14)6-9(18(19)20)7-11(12)15/h6-7,16-17H,2-5,8H2,1H3. The van der Waals surface area contributed by atoms with Crippen LogP contribution < -0.4 is 10.6 Å². The number of anilines is 1. The topological polar surface area (TPSA) is 67.2 Å². The number of nitro benzene ring substituents is 1. The van der Waals surface area contributed by atoms with Crippen LogP contribution in [-0.4, -0.2) is 24.6 Å². The van der Waals surface area contributed by atoms with Crippen LogP contribution >= 0.6 is 0 Å². The van der Waals surface area contributed by atoms with Crippen molar-refractivity contribution in [3.05, 3.63) is 33.9 Å². The van der Waals surface area contributed by atoms with Crippen LogP contribution in [0.3, 0.4) is 0 Å². The number of piperidine rings is 1. The number of benzene rings is 1. The van der Waals surface area contributed by atoms with E-state index in [1.165, 1.54) is 0 Å². The molecule has 1 fully saturated rings. The maximum absolute atomic E-state index is 13.7. The average Bonchev–Trinajstić information content (AvgIpc) is 2.38. The molecule has 1 saturated heterocycles. The number of non-ortho nitro benzene ring substituents is 1. The molecule has 110 valence electrons. The van der Waals surface area contributed by atoms with Crippen molar-refractivity contribution in [2.75, 3.05) is 25.0 Å².